The van der Waals surface area contributed by atoms with Gasteiger partial charge in [-0.3, -0.25) is 0 Å². The molecule has 0 aliphatic carbocycles. The van der Waals surface area contributed by atoms with Crippen molar-refractivity contribution in [2.45, 2.75) is 23.1 Å². The summed E-state index contributed by atoms with van der Waals surface area (Å²) in [7, 11) is -3.64. The zero-order valence-corrected chi connectivity index (χ0v) is 18.1. The van der Waals surface area contributed by atoms with Crippen LogP contribution in [-0.2, 0) is 19.4 Å². The Kier molecular flexibility index (Phi) is 7.26. The third-order valence-corrected chi connectivity index (χ3v) is 6.36. The summed E-state index contributed by atoms with van der Waals surface area (Å²) in [5.74, 6) is 0.242. The molecule has 31 heavy (non-hydrogen) atoms. The Morgan fingerprint density at radius 1 is 0.871 bits per heavy atom. The van der Waals surface area contributed by atoms with Crippen LogP contribution in [-0.4, -0.2) is 27.6 Å². The minimum atomic E-state index is -3.64. The number of hydrogen-bond donors (Lipinski definition) is 0. The summed E-state index contributed by atoms with van der Waals surface area (Å²) in [6.45, 7) is 5.78. The van der Waals surface area contributed by atoms with Gasteiger partial charge in [-0.2, -0.15) is 0 Å². The predicted octanol–water partition coefficient (Wildman–Crippen LogP) is 5.07. The number of ether oxygens (including phenoxy) is 2. The number of sulfone groups is 1. The minimum absolute atomic E-state index is 0.258. The highest BCUT2D eigenvalue weighted by molar-refractivity contribution is 7.91. The molecule has 0 spiro atoms. The summed E-state index contributed by atoms with van der Waals surface area (Å²) in [6, 6.07) is 22.6. The van der Waals surface area contributed by atoms with Crippen molar-refractivity contribution in [2.24, 2.45) is 0 Å². The fraction of sp³-hybridized carbons (Fsp3) is 0.160. The number of carbonyl (C=O) groups is 1. The van der Waals surface area contributed by atoms with Crippen LogP contribution < -0.4 is 4.74 Å². The largest absolute Gasteiger partial charge is 0.493 e. The van der Waals surface area contributed by atoms with Gasteiger partial charge in [0.2, 0.25) is 9.84 Å². The lowest BCUT2D eigenvalue weighted by Crippen LogP contribution is -2.09. The van der Waals surface area contributed by atoms with Crippen molar-refractivity contribution >= 4 is 15.8 Å². The third kappa shape index (κ3) is 5.61. The molecule has 160 valence electrons. The van der Waals surface area contributed by atoms with E-state index >= 15 is 0 Å². The zero-order chi connectivity index (χ0) is 22.3. The smallest absolute Gasteiger partial charge is 0.333 e. The van der Waals surface area contributed by atoms with Gasteiger partial charge in [-0.25, -0.2) is 13.2 Å². The van der Waals surface area contributed by atoms with Crippen LogP contribution in [0.1, 0.15) is 13.3 Å². The van der Waals surface area contributed by atoms with Crippen molar-refractivity contribution in [3.63, 3.8) is 0 Å². The molecule has 3 aromatic rings. The fourth-order valence-electron chi connectivity index (χ4n) is 2.93. The molecule has 0 saturated carbocycles. The van der Waals surface area contributed by atoms with E-state index in [0.29, 0.717) is 29.9 Å². The summed E-state index contributed by atoms with van der Waals surface area (Å²) in [5.41, 5.74) is 1.77. The second-order valence-electron chi connectivity index (χ2n) is 6.96. The molecule has 0 bridgehead atoms. The molecule has 0 saturated heterocycles. The lowest BCUT2D eigenvalue weighted by Gasteiger charge is -2.12. The molecule has 0 aliphatic heterocycles. The number of hydrogen-bond acceptors (Lipinski definition) is 5. The van der Waals surface area contributed by atoms with Gasteiger partial charge in [-0.15, -0.1) is 0 Å². The molecule has 0 atom stereocenters. The molecule has 0 radical (unpaired) electrons. The maximum Gasteiger partial charge on any atom is 0.333 e. The quantitative estimate of drug-likeness (QED) is 0.266. The molecule has 0 amide bonds. The van der Waals surface area contributed by atoms with Crippen molar-refractivity contribution in [1.29, 1.82) is 0 Å². The summed E-state index contributed by atoms with van der Waals surface area (Å²) in [5, 5.41) is 0. The van der Waals surface area contributed by atoms with Gasteiger partial charge in [0.25, 0.3) is 0 Å². The Hall–Kier alpha value is -3.38. The van der Waals surface area contributed by atoms with E-state index in [0.717, 1.165) is 5.56 Å². The molecule has 0 aromatic heterocycles. The van der Waals surface area contributed by atoms with Gasteiger partial charge in [-0.1, -0.05) is 55.1 Å². The third-order valence-electron chi connectivity index (χ3n) is 4.53. The molecular formula is C25H24O5S. The minimum Gasteiger partial charge on any atom is -0.493 e. The number of carbonyl (C=O) groups excluding carboxylic acids is 1. The number of rotatable bonds is 9. The monoisotopic (exact) mass is 436 g/mol. The SMILES string of the molecule is C=C(C)C(=O)OCCCOc1ccc(-c2ccccc2S(=O)(=O)c2ccccc2)cc1. The first kappa shape index (κ1) is 22.3. The average Bonchev–Trinajstić information content (AvgIpc) is 2.79. The summed E-state index contributed by atoms with van der Waals surface area (Å²) in [6.07, 6.45) is 0.554. The van der Waals surface area contributed by atoms with E-state index in [1.165, 1.54) is 0 Å². The van der Waals surface area contributed by atoms with Gasteiger partial charge in [0.1, 0.15) is 5.75 Å². The molecule has 0 aliphatic rings. The Labute approximate surface area is 182 Å². The van der Waals surface area contributed by atoms with Crippen molar-refractivity contribution < 1.29 is 22.7 Å². The molecule has 3 aromatic carbocycles. The van der Waals surface area contributed by atoms with Gasteiger partial charge >= 0.3 is 5.97 Å². The van der Waals surface area contributed by atoms with Crippen LogP contribution in [0.2, 0.25) is 0 Å². The van der Waals surface area contributed by atoms with Crippen LogP contribution in [0.5, 0.6) is 5.75 Å². The van der Waals surface area contributed by atoms with Crippen LogP contribution >= 0.6 is 0 Å². The highest BCUT2D eigenvalue weighted by Gasteiger charge is 2.21. The molecule has 0 heterocycles. The van der Waals surface area contributed by atoms with E-state index in [2.05, 4.69) is 6.58 Å². The normalized spacial score (nSPS) is 11.0. The van der Waals surface area contributed by atoms with Crippen molar-refractivity contribution in [2.75, 3.05) is 13.2 Å². The number of esters is 1. The molecule has 0 N–H and O–H groups in total. The van der Waals surface area contributed by atoms with E-state index < -0.39 is 15.8 Å². The second-order valence-corrected chi connectivity index (χ2v) is 8.87. The van der Waals surface area contributed by atoms with E-state index in [4.69, 9.17) is 9.47 Å². The maximum absolute atomic E-state index is 13.1. The molecule has 6 heteroatoms. The molecule has 5 nitrogen and oxygen atoms in total. The van der Waals surface area contributed by atoms with Gasteiger partial charge in [-0.05, 0) is 42.8 Å². The summed E-state index contributed by atoms with van der Waals surface area (Å²) in [4.78, 5) is 11.8. The second kappa shape index (κ2) is 10.1. The lowest BCUT2D eigenvalue weighted by molar-refractivity contribution is -0.139. The Balaban J connectivity index is 1.70. The van der Waals surface area contributed by atoms with Gasteiger partial charge in [0.15, 0.2) is 0 Å². The van der Waals surface area contributed by atoms with Gasteiger partial charge < -0.3 is 9.47 Å². The van der Waals surface area contributed by atoms with E-state index in [9.17, 15) is 13.2 Å². The van der Waals surface area contributed by atoms with E-state index in [1.54, 1.807) is 67.6 Å². The van der Waals surface area contributed by atoms with Crippen LogP contribution in [0.4, 0.5) is 0 Å². The maximum atomic E-state index is 13.1. The molecule has 0 unspecified atom stereocenters. The lowest BCUT2D eigenvalue weighted by atomic mass is 10.1. The first-order valence-electron chi connectivity index (χ1n) is 9.84. The van der Waals surface area contributed by atoms with Gasteiger partial charge in [0, 0.05) is 17.6 Å². The van der Waals surface area contributed by atoms with Gasteiger partial charge in [0.05, 0.1) is 23.0 Å². The van der Waals surface area contributed by atoms with E-state index in [1.807, 2.05) is 18.2 Å². The number of benzene rings is 3. The topological polar surface area (TPSA) is 69.7 Å². The highest BCUT2D eigenvalue weighted by Crippen LogP contribution is 2.32. The predicted molar refractivity (Wildman–Crippen MR) is 120 cm³/mol. The van der Waals surface area contributed by atoms with Crippen molar-refractivity contribution in [3.05, 3.63) is 91.0 Å². The molecular weight excluding hydrogens is 412 g/mol. The van der Waals surface area contributed by atoms with Crippen molar-refractivity contribution in [1.82, 2.24) is 0 Å². The summed E-state index contributed by atoms with van der Waals surface area (Å²) >= 11 is 0. The Morgan fingerprint density at radius 3 is 2.19 bits per heavy atom. The van der Waals surface area contributed by atoms with Crippen molar-refractivity contribution in [3.8, 4) is 16.9 Å². The Bertz CT molecular complexity index is 1150. The first-order valence-corrected chi connectivity index (χ1v) is 11.3. The Morgan fingerprint density at radius 2 is 1.52 bits per heavy atom. The average molecular weight is 437 g/mol. The zero-order valence-electron chi connectivity index (χ0n) is 17.3. The van der Waals surface area contributed by atoms with Crippen LogP contribution in [0.3, 0.4) is 0 Å². The molecule has 3 rings (SSSR count). The molecule has 0 fully saturated rings. The summed E-state index contributed by atoms with van der Waals surface area (Å²) < 4.78 is 36.9. The van der Waals surface area contributed by atoms with Crippen LogP contribution in [0.15, 0.2) is 101 Å². The van der Waals surface area contributed by atoms with Crippen LogP contribution in [0.25, 0.3) is 11.1 Å². The first-order chi connectivity index (χ1) is 14.9. The highest BCUT2D eigenvalue weighted by atomic mass is 32.2. The van der Waals surface area contributed by atoms with Crippen LogP contribution in [0, 0.1) is 0 Å². The van der Waals surface area contributed by atoms with E-state index in [-0.39, 0.29) is 16.4 Å². The fourth-order valence-corrected chi connectivity index (χ4v) is 4.44. The standard InChI is InChI=1S/C25H24O5S/c1-19(2)25(26)30-18-8-17-29-21-15-13-20(14-16-21)23-11-6-7-12-24(23)31(27,28)22-9-4-3-5-10-22/h3-7,9-16H,1,8,17-18H2,2H3.